The molecule has 0 radical (unpaired) electrons. The summed E-state index contributed by atoms with van der Waals surface area (Å²) in [5.41, 5.74) is 1.99. The van der Waals surface area contributed by atoms with Gasteiger partial charge in [0, 0.05) is 11.0 Å². The van der Waals surface area contributed by atoms with Gasteiger partial charge in [0.15, 0.2) is 5.76 Å². The first-order valence-corrected chi connectivity index (χ1v) is 7.94. The van der Waals surface area contributed by atoms with Crippen LogP contribution in [0.3, 0.4) is 0 Å². The van der Waals surface area contributed by atoms with Crippen molar-refractivity contribution in [2.75, 3.05) is 14.1 Å². The molecule has 2 aromatic rings. The quantitative estimate of drug-likeness (QED) is 0.830. The fraction of sp³-hybridized carbons (Fsp3) is 0.167. The van der Waals surface area contributed by atoms with E-state index < -0.39 is 0 Å². The Morgan fingerprint density at radius 1 is 1.17 bits per heavy atom. The number of ether oxygens (including phenoxy) is 1. The van der Waals surface area contributed by atoms with Crippen LogP contribution in [0.1, 0.15) is 21.5 Å². The van der Waals surface area contributed by atoms with E-state index in [1.54, 1.807) is 18.2 Å². The summed E-state index contributed by atoms with van der Waals surface area (Å²) in [5.74, 6) is 0.693. The lowest BCUT2D eigenvalue weighted by molar-refractivity contribution is 0.101. The third-order valence-corrected chi connectivity index (χ3v) is 4.09. The average Bonchev–Trinajstić information content (AvgIpc) is 2.81. The SMILES string of the molecule is CN(C)Cc1c(O)ccc2c1O/C(=C/c1ccc(Br)cc1)C2=O. The smallest absolute Gasteiger partial charge is 0.231 e. The zero-order chi connectivity index (χ0) is 16.6. The molecule has 23 heavy (non-hydrogen) atoms. The van der Waals surface area contributed by atoms with E-state index in [0.29, 0.717) is 23.4 Å². The van der Waals surface area contributed by atoms with Gasteiger partial charge in [-0.05, 0) is 50.0 Å². The summed E-state index contributed by atoms with van der Waals surface area (Å²) in [4.78, 5) is 14.4. The number of Topliss-reactive ketones (excluding diaryl/α,β-unsaturated/α-hetero) is 1. The Bertz CT molecular complexity index is 795. The van der Waals surface area contributed by atoms with Crippen molar-refractivity contribution in [1.29, 1.82) is 0 Å². The topological polar surface area (TPSA) is 49.8 Å². The molecule has 1 aliphatic heterocycles. The van der Waals surface area contributed by atoms with Gasteiger partial charge in [-0.1, -0.05) is 28.1 Å². The highest BCUT2D eigenvalue weighted by Gasteiger charge is 2.31. The lowest BCUT2D eigenvalue weighted by Gasteiger charge is -2.13. The normalized spacial score (nSPS) is 15.1. The second-order valence-corrected chi connectivity index (χ2v) is 6.58. The minimum absolute atomic E-state index is 0.134. The molecule has 1 N–H and O–H groups in total. The largest absolute Gasteiger partial charge is 0.507 e. The molecule has 0 amide bonds. The van der Waals surface area contributed by atoms with Crippen molar-refractivity contribution in [3.63, 3.8) is 0 Å². The molecule has 0 aliphatic carbocycles. The Morgan fingerprint density at radius 2 is 1.87 bits per heavy atom. The van der Waals surface area contributed by atoms with Crippen molar-refractivity contribution in [3.05, 3.63) is 63.3 Å². The van der Waals surface area contributed by atoms with Gasteiger partial charge in [-0.15, -0.1) is 0 Å². The Kier molecular flexibility index (Phi) is 4.24. The summed E-state index contributed by atoms with van der Waals surface area (Å²) < 4.78 is 6.75. The third kappa shape index (κ3) is 3.16. The molecule has 0 atom stereocenters. The predicted molar refractivity (Wildman–Crippen MR) is 92.6 cm³/mol. The van der Waals surface area contributed by atoms with E-state index in [9.17, 15) is 9.90 Å². The number of ketones is 1. The zero-order valence-electron chi connectivity index (χ0n) is 12.8. The van der Waals surface area contributed by atoms with E-state index in [-0.39, 0.29) is 17.3 Å². The number of nitrogens with zero attached hydrogens (tertiary/aromatic N) is 1. The van der Waals surface area contributed by atoms with Crippen LogP contribution in [-0.2, 0) is 6.54 Å². The summed E-state index contributed by atoms with van der Waals surface area (Å²) in [6.45, 7) is 0.494. The molecule has 1 aliphatic rings. The zero-order valence-corrected chi connectivity index (χ0v) is 14.4. The van der Waals surface area contributed by atoms with Gasteiger partial charge in [-0.3, -0.25) is 4.79 Å². The molecule has 0 bridgehead atoms. The van der Waals surface area contributed by atoms with Crippen LogP contribution in [0.2, 0.25) is 0 Å². The number of hydrogen-bond acceptors (Lipinski definition) is 4. The highest BCUT2D eigenvalue weighted by Crippen LogP contribution is 2.39. The second-order valence-electron chi connectivity index (χ2n) is 5.67. The van der Waals surface area contributed by atoms with Crippen molar-refractivity contribution >= 4 is 27.8 Å². The number of rotatable bonds is 3. The maximum Gasteiger partial charge on any atom is 0.231 e. The van der Waals surface area contributed by atoms with Crippen molar-refractivity contribution in [1.82, 2.24) is 4.90 Å². The molecule has 0 spiro atoms. The van der Waals surface area contributed by atoms with E-state index >= 15 is 0 Å². The van der Waals surface area contributed by atoms with Crippen molar-refractivity contribution in [2.45, 2.75) is 6.54 Å². The molecule has 2 aromatic carbocycles. The summed E-state index contributed by atoms with van der Waals surface area (Å²) in [6, 6.07) is 10.8. The molecular weight excluding hydrogens is 358 g/mol. The Morgan fingerprint density at radius 3 is 2.52 bits per heavy atom. The number of allylic oxidation sites excluding steroid dienone is 1. The van der Waals surface area contributed by atoms with E-state index in [4.69, 9.17) is 4.74 Å². The molecule has 0 aromatic heterocycles. The Balaban J connectivity index is 2.00. The van der Waals surface area contributed by atoms with Crippen LogP contribution < -0.4 is 4.74 Å². The number of fused-ring (bicyclic) bond motifs is 1. The van der Waals surface area contributed by atoms with Crippen LogP contribution in [0.5, 0.6) is 11.5 Å². The fourth-order valence-electron chi connectivity index (χ4n) is 2.48. The second kappa shape index (κ2) is 6.18. The molecule has 4 nitrogen and oxygen atoms in total. The van der Waals surface area contributed by atoms with E-state index in [1.165, 1.54) is 0 Å². The van der Waals surface area contributed by atoms with Gasteiger partial charge in [0.2, 0.25) is 5.78 Å². The van der Waals surface area contributed by atoms with Crippen LogP contribution in [0.25, 0.3) is 6.08 Å². The summed E-state index contributed by atoms with van der Waals surface area (Å²) in [7, 11) is 3.79. The molecule has 5 heteroatoms. The van der Waals surface area contributed by atoms with Crippen molar-refractivity contribution < 1.29 is 14.6 Å². The van der Waals surface area contributed by atoms with E-state index in [0.717, 1.165) is 10.0 Å². The number of benzene rings is 2. The summed E-state index contributed by atoms with van der Waals surface area (Å²) in [5, 5.41) is 10.1. The van der Waals surface area contributed by atoms with Crippen molar-refractivity contribution in [3.8, 4) is 11.5 Å². The molecule has 1 heterocycles. The standard InChI is InChI=1S/C18H16BrNO3/c1-20(2)10-14-15(21)8-7-13-17(22)16(23-18(13)14)9-11-3-5-12(19)6-4-11/h3-9,21H,10H2,1-2H3/b16-9+. The molecule has 0 fully saturated rings. The van der Waals surface area contributed by atoms with Gasteiger partial charge < -0.3 is 14.7 Å². The van der Waals surface area contributed by atoms with Gasteiger partial charge in [0.25, 0.3) is 0 Å². The number of phenolic OH excluding ortho intramolecular Hbond substituents is 1. The first kappa shape index (κ1) is 15.8. The Hall–Kier alpha value is -2.11. The first-order chi connectivity index (χ1) is 11.0. The minimum Gasteiger partial charge on any atom is -0.507 e. The number of carbonyl (C=O) groups excluding carboxylic acids is 1. The summed E-state index contributed by atoms with van der Waals surface area (Å²) >= 11 is 3.38. The molecule has 3 rings (SSSR count). The summed E-state index contributed by atoms with van der Waals surface area (Å²) in [6.07, 6.45) is 1.71. The number of carbonyl (C=O) groups is 1. The van der Waals surface area contributed by atoms with Crippen LogP contribution in [0, 0.1) is 0 Å². The minimum atomic E-state index is -0.164. The average molecular weight is 374 g/mol. The predicted octanol–water partition coefficient (Wildman–Crippen LogP) is 3.83. The lowest BCUT2D eigenvalue weighted by atomic mass is 10.0. The Labute approximate surface area is 143 Å². The van der Waals surface area contributed by atoms with E-state index in [2.05, 4.69) is 15.9 Å². The maximum atomic E-state index is 12.5. The van der Waals surface area contributed by atoms with Gasteiger partial charge >= 0.3 is 0 Å². The maximum absolute atomic E-state index is 12.5. The van der Waals surface area contributed by atoms with Gasteiger partial charge in [0.1, 0.15) is 11.5 Å². The lowest BCUT2D eigenvalue weighted by Crippen LogP contribution is -2.11. The fourth-order valence-corrected chi connectivity index (χ4v) is 2.74. The molecule has 0 unspecified atom stereocenters. The molecular formula is C18H16BrNO3. The molecule has 0 saturated carbocycles. The molecule has 0 saturated heterocycles. The van der Waals surface area contributed by atoms with Crippen molar-refractivity contribution in [2.24, 2.45) is 0 Å². The van der Waals surface area contributed by atoms with Crippen LogP contribution in [0.4, 0.5) is 0 Å². The monoisotopic (exact) mass is 373 g/mol. The highest BCUT2D eigenvalue weighted by atomic mass is 79.9. The number of phenols is 1. The van der Waals surface area contributed by atoms with Gasteiger partial charge in [0.05, 0.1) is 11.1 Å². The van der Waals surface area contributed by atoms with Crippen LogP contribution >= 0.6 is 15.9 Å². The van der Waals surface area contributed by atoms with Crippen LogP contribution in [-0.4, -0.2) is 29.9 Å². The first-order valence-electron chi connectivity index (χ1n) is 7.15. The van der Waals surface area contributed by atoms with E-state index in [1.807, 2.05) is 43.3 Å². The number of aromatic hydroxyl groups is 1. The van der Waals surface area contributed by atoms with Gasteiger partial charge in [-0.25, -0.2) is 0 Å². The number of halogens is 1. The highest BCUT2D eigenvalue weighted by molar-refractivity contribution is 9.10. The number of hydrogen-bond donors (Lipinski definition) is 1. The third-order valence-electron chi connectivity index (χ3n) is 3.56. The molecule has 118 valence electrons. The van der Waals surface area contributed by atoms with Gasteiger partial charge in [-0.2, -0.15) is 0 Å². The van der Waals surface area contributed by atoms with Crippen LogP contribution in [0.15, 0.2) is 46.6 Å².